The van der Waals surface area contributed by atoms with Crippen LogP contribution in [0.2, 0.25) is 5.02 Å². The van der Waals surface area contributed by atoms with E-state index in [0.29, 0.717) is 17.4 Å². The van der Waals surface area contributed by atoms with Crippen LogP contribution in [0.15, 0.2) is 42.5 Å². The Hall–Kier alpha value is -2.24. The maximum atomic E-state index is 12.5. The van der Waals surface area contributed by atoms with E-state index >= 15 is 0 Å². The molecule has 2 heterocycles. The molecule has 0 saturated carbocycles. The zero-order chi connectivity index (χ0) is 17.2. The molecule has 0 N–H and O–H groups in total. The van der Waals surface area contributed by atoms with Crippen molar-refractivity contribution in [3.63, 3.8) is 0 Å². The summed E-state index contributed by atoms with van der Waals surface area (Å²) in [7, 11) is 0. The van der Waals surface area contributed by atoms with E-state index in [0.717, 1.165) is 44.2 Å². The normalized spacial score (nSPS) is 16.9. The highest BCUT2D eigenvalue weighted by Crippen LogP contribution is 2.32. The van der Waals surface area contributed by atoms with Crippen molar-refractivity contribution in [1.82, 2.24) is 9.80 Å². The number of piperazine rings is 1. The van der Waals surface area contributed by atoms with E-state index in [1.165, 1.54) is 5.56 Å². The Balaban J connectivity index is 1.33. The highest BCUT2D eigenvalue weighted by atomic mass is 35.5. The third-order valence-electron chi connectivity index (χ3n) is 4.59. The van der Waals surface area contributed by atoms with E-state index in [9.17, 15) is 4.79 Å². The molecule has 6 heteroatoms. The maximum Gasteiger partial charge on any atom is 0.253 e. The van der Waals surface area contributed by atoms with Crippen molar-refractivity contribution < 1.29 is 14.3 Å². The van der Waals surface area contributed by atoms with Crippen LogP contribution in [0.1, 0.15) is 15.9 Å². The first-order chi connectivity index (χ1) is 12.2. The number of carbonyl (C=O) groups excluding carboxylic acids is 1. The zero-order valence-corrected chi connectivity index (χ0v) is 14.5. The second-order valence-electron chi connectivity index (χ2n) is 6.26. The molecular weight excluding hydrogens is 340 g/mol. The number of benzene rings is 2. The summed E-state index contributed by atoms with van der Waals surface area (Å²) in [6.45, 7) is 4.31. The quantitative estimate of drug-likeness (QED) is 0.845. The molecule has 2 aromatic rings. The largest absolute Gasteiger partial charge is 0.454 e. The zero-order valence-electron chi connectivity index (χ0n) is 13.8. The van der Waals surface area contributed by atoms with Gasteiger partial charge in [0.25, 0.3) is 5.91 Å². The Bertz CT molecular complexity index is 771. The standard InChI is InChI=1S/C19H19ClN2O3/c20-16-4-2-15(3-5-16)19(23)22-9-7-21(8-10-22)12-14-1-6-17-18(11-14)25-13-24-17/h1-6,11H,7-10,12-13H2. The second-order valence-corrected chi connectivity index (χ2v) is 6.70. The number of hydrogen-bond donors (Lipinski definition) is 0. The Labute approximate surface area is 151 Å². The highest BCUT2D eigenvalue weighted by molar-refractivity contribution is 6.30. The number of nitrogens with zero attached hydrogens (tertiary/aromatic N) is 2. The first kappa shape index (κ1) is 16.2. The monoisotopic (exact) mass is 358 g/mol. The summed E-state index contributed by atoms with van der Waals surface area (Å²) >= 11 is 5.89. The van der Waals surface area contributed by atoms with Crippen LogP contribution in [-0.4, -0.2) is 48.7 Å². The van der Waals surface area contributed by atoms with Crippen LogP contribution in [0.5, 0.6) is 11.5 Å². The highest BCUT2D eigenvalue weighted by Gasteiger charge is 2.22. The van der Waals surface area contributed by atoms with Gasteiger partial charge in [0.15, 0.2) is 11.5 Å². The lowest BCUT2D eigenvalue weighted by atomic mass is 10.1. The molecule has 25 heavy (non-hydrogen) atoms. The lowest BCUT2D eigenvalue weighted by molar-refractivity contribution is 0.0628. The minimum Gasteiger partial charge on any atom is -0.454 e. The number of hydrogen-bond acceptors (Lipinski definition) is 4. The van der Waals surface area contributed by atoms with Crippen molar-refractivity contribution in [2.75, 3.05) is 33.0 Å². The van der Waals surface area contributed by atoms with Crippen molar-refractivity contribution in [2.45, 2.75) is 6.54 Å². The smallest absolute Gasteiger partial charge is 0.253 e. The average Bonchev–Trinajstić information content (AvgIpc) is 3.10. The number of fused-ring (bicyclic) bond motifs is 1. The third-order valence-corrected chi connectivity index (χ3v) is 4.85. The number of ether oxygens (including phenoxy) is 2. The van der Waals surface area contributed by atoms with Gasteiger partial charge < -0.3 is 14.4 Å². The molecule has 130 valence electrons. The first-order valence-electron chi connectivity index (χ1n) is 8.35. The van der Waals surface area contributed by atoms with Gasteiger partial charge in [-0.1, -0.05) is 17.7 Å². The topological polar surface area (TPSA) is 42.0 Å². The van der Waals surface area contributed by atoms with Gasteiger partial charge in [-0.2, -0.15) is 0 Å². The Morgan fingerprint density at radius 1 is 0.960 bits per heavy atom. The van der Waals surface area contributed by atoms with Crippen molar-refractivity contribution >= 4 is 17.5 Å². The third kappa shape index (κ3) is 3.57. The van der Waals surface area contributed by atoms with Crippen LogP contribution in [0, 0.1) is 0 Å². The summed E-state index contributed by atoms with van der Waals surface area (Å²) in [5.41, 5.74) is 1.88. The molecule has 0 unspecified atom stereocenters. The van der Waals surface area contributed by atoms with Crippen LogP contribution < -0.4 is 9.47 Å². The summed E-state index contributed by atoms with van der Waals surface area (Å²) in [6, 6.07) is 13.1. The van der Waals surface area contributed by atoms with Gasteiger partial charge in [-0.15, -0.1) is 0 Å². The van der Waals surface area contributed by atoms with E-state index in [1.54, 1.807) is 24.3 Å². The van der Waals surface area contributed by atoms with Gasteiger partial charge >= 0.3 is 0 Å². The fraction of sp³-hybridized carbons (Fsp3) is 0.316. The van der Waals surface area contributed by atoms with Crippen LogP contribution in [0.3, 0.4) is 0 Å². The summed E-state index contributed by atoms with van der Waals surface area (Å²) in [4.78, 5) is 16.8. The Kier molecular flexibility index (Phi) is 4.51. The molecule has 1 saturated heterocycles. The molecule has 1 fully saturated rings. The molecule has 5 nitrogen and oxygen atoms in total. The van der Waals surface area contributed by atoms with E-state index in [1.807, 2.05) is 17.0 Å². The van der Waals surface area contributed by atoms with Gasteiger partial charge in [0.05, 0.1) is 0 Å². The molecule has 0 aliphatic carbocycles. The van der Waals surface area contributed by atoms with Crippen molar-refractivity contribution in [1.29, 1.82) is 0 Å². The van der Waals surface area contributed by atoms with Gasteiger partial charge in [0.1, 0.15) is 0 Å². The van der Waals surface area contributed by atoms with E-state index in [4.69, 9.17) is 21.1 Å². The average molecular weight is 359 g/mol. The van der Waals surface area contributed by atoms with Gasteiger partial charge in [0, 0.05) is 43.3 Å². The van der Waals surface area contributed by atoms with E-state index in [2.05, 4.69) is 11.0 Å². The lowest BCUT2D eigenvalue weighted by Gasteiger charge is -2.34. The molecule has 0 spiro atoms. The summed E-state index contributed by atoms with van der Waals surface area (Å²) in [5.74, 6) is 1.69. The molecule has 0 atom stereocenters. The molecule has 4 rings (SSSR count). The van der Waals surface area contributed by atoms with Gasteiger partial charge in [-0.3, -0.25) is 9.69 Å². The molecule has 0 radical (unpaired) electrons. The fourth-order valence-corrected chi connectivity index (χ4v) is 3.31. The molecule has 1 amide bonds. The summed E-state index contributed by atoms with van der Waals surface area (Å²) in [5, 5.41) is 0.644. The second kappa shape index (κ2) is 6.94. The van der Waals surface area contributed by atoms with Gasteiger partial charge in [-0.25, -0.2) is 0 Å². The SMILES string of the molecule is O=C(c1ccc(Cl)cc1)N1CCN(Cc2ccc3c(c2)OCO3)CC1. The van der Waals surface area contributed by atoms with Crippen molar-refractivity contribution in [2.24, 2.45) is 0 Å². The number of carbonyl (C=O) groups is 1. The number of amides is 1. The molecule has 0 aromatic heterocycles. The lowest BCUT2D eigenvalue weighted by Crippen LogP contribution is -2.48. The van der Waals surface area contributed by atoms with Crippen LogP contribution in [0.25, 0.3) is 0 Å². The molecular formula is C19H19ClN2O3. The van der Waals surface area contributed by atoms with Crippen LogP contribution >= 0.6 is 11.6 Å². The molecule has 2 aromatic carbocycles. The summed E-state index contributed by atoms with van der Waals surface area (Å²) < 4.78 is 10.8. The predicted molar refractivity (Wildman–Crippen MR) is 95.2 cm³/mol. The molecule has 2 aliphatic rings. The Morgan fingerprint density at radius 3 is 2.44 bits per heavy atom. The molecule has 2 aliphatic heterocycles. The number of halogens is 1. The van der Waals surface area contributed by atoms with Crippen molar-refractivity contribution in [3.8, 4) is 11.5 Å². The van der Waals surface area contributed by atoms with Crippen LogP contribution in [-0.2, 0) is 6.54 Å². The molecule has 0 bridgehead atoms. The minimum atomic E-state index is 0.0689. The number of rotatable bonds is 3. The van der Waals surface area contributed by atoms with E-state index < -0.39 is 0 Å². The predicted octanol–water partition coefficient (Wildman–Crippen LogP) is 3.03. The first-order valence-corrected chi connectivity index (χ1v) is 8.72. The van der Waals surface area contributed by atoms with Crippen LogP contribution in [0.4, 0.5) is 0 Å². The summed E-state index contributed by atoms with van der Waals surface area (Å²) in [6.07, 6.45) is 0. The minimum absolute atomic E-state index is 0.0689. The van der Waals surface area contributed by atoms with Gasteiger partial charge in [-0.05, 0) is 42.0 Å². The van der Waals surface area contributed by atoms with Crippen molar-refractivity contribution in [3.05, 3.63) is 58.6 Å². The van der Waals surface area contributed by atoms with E-state index in [-0.39, 0.29) is 5.91 Å². The Morgan fingerprint density at radius 2 is 1.68 bits per heavy atom. The van der Waals surface area contributed by atoms with Gasteiger partial charge in [0.2, 0.25) is 6.79 Å². The maximum absolute atomic E-state index is 12.5. The fourth-order valence-electron chi connectivity index (χ4n) is 3.18.